The highest BCUT2D eigenvalue weighted by Gasteiger charge is 2.28. The van der Waals surface area contributed by atoms with E-state index in [4.69, 9.17) is 0 Å². The van der Waals surface area contributed by atoms with Gasteiger partial charge in [0.1, 0.15) is 5.60 Å². The summed E-state index contributed by atoms with van der Waals surface area (Å²) in [4.78, 5) is 0. The van der Waals surface area contributed by atoms with Gasteiger partial charge in [-0.1, -0.05) is 47.8 Å². The molecule has 1 saturated carbocycles. The van der Waals surface area contributed by atoms with Crippen LogP contribution in [0.15, 0.2) is 28.7 Å². The molecule has 1 fully saturated rings. The Kier molecular flexibility index (Phi) is 4.82. The first-order chi connectivity index (χ1) is 8.64. The maximum Gasteiger partial charge on any atom is 0.102 e. The molecular weight excluding hydrogens is 290 g/mol. The van der Waals surface area contributed by atoms with Crippen LogP contribution in [0, 0.1) is 0 Å². The Morgan fingerprint density at radius 1 is 1.28 bits per heavy atom. The van der Waals surface area contributed by atoms with Gasteiger partial charge in [-0.15, -0.1) is 0 Å². The highest BCUT2D eigenvalue weighted by atomic mass is 79.9. The summed E-state index contributed by atoms with van der Waals surface area (Å²) in [6.07, 6.45) is 5.87. The van der Waals surface area contributed by atoms with Crippen LogP contribution in [-0.2, 0) is 5.60 Å². The van der Waals surface area contributed by atoms with E-state index in [0.717, 1.165) is 16.5 Å². The molecule has 1 unspecified atom stereocenters. The monoisotopic (exact) mass is 311 g/mol. The van der Waals surface area contributed by atoms with Crippen molar-refractivity contribution in [2.24, 2.45) is 0 Å². The molecule has 0 aliphatic heterocycles. The smallest absolute Gasteiger partial charge is 0.102 e. The van der Waals surface area contributed by atoms with E-state index in [1.165, 1.54) is 25.7 Å². The lowest BCUT2D eigenvalue weighted by Crippen LogP contribution is -2.41. The summed E-state index contributed by atoms with van der Waals surface area (Å²) in [5.74, 6) is 0. The molecule has 1 aliphatic carbocycles. The fourth-order valence-electron chi connectivity index (χ4n) is 2.63. The molecule has 0 saturated heterocycles. The molecule has 3 heteroatoms. The van der Waals surface area contributed by atoms with Crippen LogP contribution >= 0.6 is 15.9 Å². The average Bonchev–Trinajstić information content (AvgIpc) is 2.90. The maximum atomic E-state index is 10.8. The van der Waals surface area contributed by atoms with E-state index in [1.54, 1.807) is 0 Å². The van der Waals surface area contributed by atoms with Crippen molar-refractivity contribution in [2.45, 2.75) is 50.7 Å². The maximum absolute atomic E-state index is 10.8. The Balaban J connectivity index is 2.01. The third-order valence-corrected chi connectivity index (χ3v) is 4.53. The molecule has 2 nitrogen and oxygen atoms in total. The third-order valence-electron chi connectivity index (χ3n) is 4.00. The first-order valence-corrected chi connectivity index (χ1v) is 7.65. The molecule has 0 aromatic heterocycles. The van der Waals surface area contributed by atoms with E-state index in [-0.39, 0.29) is 0 Å². The highest BCUT2D eigenvalue weighted by molar-refractivity contribution is 9.10. The summed E-state index contributed by atoms with van der Waals surface area (Å²) in [5.41, 5.74) is 0.252. The number of halogens is 1. The number of hydrogen-bond acceptors (Lipinski definition) is 2. The van der Waals surface area contributed by atoms with E-state index in [9.17, 15) is 5.11 Å². The second kappa shape index (κ2) is 6.18. The van der Waals surface area contributed by atoms with Crippen LogP contribution in [0.1, 0.15) is 44.6 Å². The molecule has 100 valence electrons. The average molecular weight is 312 g/mol. The highest BCUT2D eigenvalue weighted by Crippen LogP contribution is 2.27. The molecule has 18 heavy (non-hydrogen) atoms. The second-order valence-electron chi connectivity index (χ2n) is 5.25. The molecule has 1 atom stereocenters. The fourth-order valence-corrected chi connectivity index (χ4v) is 2.90. The van der Waals surface area contributed by atoms with Crippen LogP contribution < -0.4 is 5.32 Å². The minimum Gasteiger partial charge on any atom is -0.384 e. The van der Waals surface area contributed by atoms with Crippen molar-refractivity contribution in [3.63, 3.8) is 0 Å². The first-order valence-electron chi connectivity index (χ1n) is 6.86. The normalized spacial score (nSPS) is 19.9. The topological polar surface area (TPSA) is 32.3 Å². The van der Waals surface area contributed by atoms with Crippen molar-refractivity contribution in [2.75, 3.05) is 6.54 Å². The van der Waals surface area contributed by atoms with Crippen LogP contribution in [0.4, 0.5) is 0 Å². The van der Waals surface area contributed by atoms with Crippen LogP contribution in [-0.4, -0.2) is 17.7 Å². The Hall–Kier alpha value is -0.380. The Morgan fingerprint density at radius 3 is 2.44 bits per heavy atom. The zero-order chi connectivity index (χ0) is 13.0. The Labute approximate surface area is 118 Å². The third kappa shape index (κ3) is 3.34. The van der Waals surface area contributed by atoms with Gasteiger partial charge in [-0.3, -0.25) is 0 Å². The second-order valence-corrected chi connectivity index (χ2v) is 6.17. The zero-order valence-electron chi connectivity index (χ0n) is 11.0. The van der Waals surface area contributed by atoms with Gasteiger partial charge < -0.3 is 10.4 Å². The van der Waals surface area contributed by atoms with Crippen molar-refractivity contribution in [3.05, 3.63) is 34.3 Å². The van der Waals surface area contributed by atoms with Gasteiger partial charge in [0.2, 0.25) is 0 Å². The summed E-state index contributed by atoms with van der Waals surface area (Å²) >= 11 is 3.43. The summed E-state index contributed by atoms with van der Waals surface area (Å²) < 4.78 is 1.05. The largest absolute Gasteiger partial charge is 0.384 e. The molecule has 1 aliphatic rings. The molecule has 0 spiro atoms. The van der Waals surface area contributed by atoms with E-state index >= 15 is 0 Å². The summed E-state index contributed by atoms with van der Waals surface area (Å²) in [6.45, 7) is 2.69. The first kappa shape index (κ1) is 14.0. The van der Waals surface area contributed by atoms with E-state index in [1.807, 2.05) is 31.2 Å². The van der Waals surface area contributed by atoms with Gasteiger partial charge in [0.15, 0.2) is 0 Å². The van der Waals surface area contributed by atoms with Crippen molar-refractivity contribution < 1.29 is 5.11 Å². The predicted octanol–water partition coefficient (Wildman–Crippen LogP) is 3.58. The van der Waals surface area contributed by atoms with Crippen molar-refractivity contribution in [3.8, 4) is 0 Å². The standard InChI is InChI=1S/C15H22BrNO/c1-2-15(18,11-17-14-5-3-4-6-14)12-7-9-13(16)10-8-12/h7-10,14,17-18H,2-6,11H2,1H3. The number of rotatable bonds is 5. The molecule has 2 N–H and O–H groups in total. The Morgan fingerprint density at radius 2 is 1.89 bits per heavy atom. The van der Waals surface area contributed by atoms with E-state index in [0.29, 0.717) is 12.6 Å². The van der Waals surface area contributed by atoms with Crippen LogP contribution in [0.25, 0.3) is 0 Å². The minimum atomic E-state index is -0.747. The van der Waals surface area contributed by atoms with Gasteiger partial charge in [0.25, 0.3) is 0 Å². The lowest BCUT2D eigenvalue weighted by molar-refractivity contribution is 0.0300. The summed E-state index contributed by atoms with van der Waals surface area (Å²) in [7, 11) is 0. The van der Waals surface area contributed by atoms with Crippen molar-refractivity contribution in [1.29, 1.82) is 0 Å². The molecule has 0 radical (unpaired) electrons. The number of aliphatic hydroxyl groups is 1. The van der Waals surface area contributed by atoms with Gasteiger partial charge in [0, 0.05) is 17.1 Å². The molecule has 1 aromatic carbocycles. The van der Waals surface area contributed by atoms with Crippen molar-refractivity contribution >= 4 is 15.9 Å². The fraction of sp³-hybridized carbons (Fsp3) is 0.600. The Bertz CT molecular complexity index is 373. The quantitative estimate of drug-likeness (QED) is 0.871. The molecule has 0 bridgehead atoms. The summed E-state index contributed by atoms with van der Waals surface area (Å²) in [5, 5.41) is 14.3. The van der Waals surface area contributed by atoms with Crippen LogP contribution in [0.2, 0.25) is 0 Å². The predicted molar refractivity (Wildman–Crippen MR) is 78.6 cm³/mol. The molecule has 2 rings (SSSR count). The van der Waals surface area contributed by atoms with Gasteiger partial charge in [-0.25, -0.2) is 0 Å². The van der Waals surface area contributed by atoms with Crippen molar-refractivity contribution in [1.82, 2.24) is 5.32 Å². The van der Waals surface area contributed by atoms with Gasteiger partial charge in [0.05, 0.1) is 0 Å². The van der Waals surface area contributed by atoms with E-state index < -0.39 is 5.60 Å². The molecule has 0 heterocycles. The number of benzene rings is 1. The van der Waals surface area contributed by atoms with Crippen LogP contribution in [0.3, 0.4) is 0 Å². The molecular formula is C15H22BrNO. The number of nitrogens with one attached hydrogen (secondary N) is 1. The van der Waals surface area contributed by atoms with Crippen LogP contribution in [0.5, 0.6) is 0 Å². The summed E-state index contributed by atoms with van der Waals surface area (Å²) in [6, 6.07) is 8.59. The molecule has 1 aromatic rings. The lowest BCUT2D eigenvalue weighted by atomic mass is 9.91. The lowest BCUT2D eigenvalue weighted by Gasteiger charge is -2.29. The van der Waals surface area contributed by atoms with E-state index in [2.05, 4.69) is 21.2 Å². The minimum absolute atomic E-state index is 0.596. The van der Waals surface area contributed by atoms with Gasteiger partial charge in [-0.2, -0.15) is 0 Å². The van der Waals surface area contributed by atoms with Gasteiger partial charge in [-0.05, 0) is 37.0 Å². The molecule has 0 amide bonds. The van der Waals surface area contributed by atoms with Gasteiger partial charge >= 0.3 is 0 Å². The zero-order valence-corrected chi connectivity index (χ0v) is 12.5. The SMILES string of the molecule is CCC(O)(CNC1CCCC1)c1ccc(Br)cc1. The number of hydrogen-bond donors (Lipinski definition) is 2.